The largest absolute Gasteiger partial charge is 0.450 e. The maximum Gasteiger partial charge on any atom is 0.409 e. The molecule has 1 rings (SSSR count). The lowest BCUT2D eigenvalue weighted by Gasteiger charge is -2.32. The maximum atomic E-state index is 11.7. The van der Waals surface area contributed by atoms with Crippen molar-refractivity contribution < 1.29 is 9.53 Å². The highest BCUT2D eigenvalue weighted by Gasteiger charge is 2.23. The van der Waals surface area contributed by atoms with Crippen molar-refractivity contribution in [3.63, 3.8) is 0 Å². The number of carbonyl (C=O) groups excluding carboxylic acids is 1. The minimum absolute atomic E-state index is 0.192. The number of nitrogens with zero attached hydrogens (tertiary/aromatic N) is 2. The molecule has 1 amide bonds. The summed E-state index contributed by atoms with van der Waals surface area (Å²) in [4.78, 5) is 18.1. The van der Waals surface area contributed by atoms with Gasteiger partial charge in [-0.3, -0.25) is 4.99 Å². The van der Waals surface area contributed by atoms with Crippen LogP contribution in [0.2, 0.25) is 0 Å². The molecule has 0 aromatic rings. The fraction of sp³-hybridized carbons (Fsp3) is 0.882. The summed E-state index contributed by atoms with van der Waals surface area (Å²) in [6.45, 7) is 9.80. The van der Waals surface area contributed by atoms with E-state index in [9.17, 15) is 4.79 Å². The van der Waals surface area contributed by atoms with Crippen LogP contribution >= 0.6 is 0 Å². The molecule has 2 N–H and O–H groups in total. The number of hydrogen-bond donors (Lipinski definition) is 2. The molecule has 0 aromatic heterocycles. The third kappa shape index (κ3) is 8.09. The molecule has 1 fully saturated rings. The monoisotopic (exact) mass is 326 g/mol. The van der Waals surface area contributed by atoms with Crippen LogP contribution < -0.4 is 10.6 Å². The summed E-state index contributed by atoms with van der Waals surface area (Å²) in [5.74, 6) is 0.901. The predicted molar refractivity (Wildman–Crippen MR) is 94.9 cm³/mol. The van der Waals surface area contributed by atoms with Gasteiger partial charge >= 0.3 is 6.09 Å². The van der Waals surface area contributed by atoms with Crippen LogP contribution in [0, 0.1) is 0 Å². The Bertz CT molecular complexity index is 353. The number of ether oxygens (including phenoxy) is 1. The Labute approximate surface area is 141 Å². The molecule has 1 heterocycles. The Morgan fingerprint density at radius 2 is 1.91 bits per heavy atom. The van der Waals surface area contributed by atoms with E-state index in [-0.39, 0.29) is 6.09 Å². The van der Waals surface area contributed by atoms with E-state index in [1.807, 2.05) is 6.92 Å². The van der Waals surface area contributed by atoms with E-state index in [2.05, 4.69) is 29.5 Å². The van der Waals surface area contributed by atoms with Crippen molar-refractivity contribution in [1.29, 1.82) is 0 Å². The number of carbonyl (C=O) groups is 1. The van der Waals surface area contributed by atoms with Gasteiger partial charge in [0.25, 0.3) is 0 Å². The molecule has 0 radical (unpaired) electrons. The molecule has 0 saturated carbocycles. The number of guanidine groups is 1. The predicted octanol–water partition coefficient (Wildman–Crippen LogP) is 2.74. The van der Waals surface area contributed by atoms with Gasteiger partial charge in [-0.15, -0.1) is 0 Å². The molecule has 6 heteroatoms. The lowest BCUT2D eigenvalue weighted by molar-refractivity contribution is 0.0963. The van der Waals surface area contributed by atoms with Crippen molar-refractivity contribution in [3.8, 4) is 0 Å². The molecule has 0 bridgehead atoms. The molecule has 6 nitrogen and oxygen atoms in total. The molecule has 0 aliphatic carbocycles. The van der Waals surface area contributed by atoms with E-state index in [1.165, 1.54) is 19.3 Å². The number of piperidine rings is 1. The number of aliphatic imine (C=N–C) groups is 1. The quantitative estimate of drug-likeness (QED) is 0.409. The van der Waals surface area contributed by atoms with Gasteiger partial charge in [-0.25, -0.2) is 4.79 Å². The number of hydrogen-bond acceptors (Lipinski definition) is 3. The summed E-state index contributed by atoms with van der Waals surface area (Å²) in [5.41, 5.74) is 0. The lowest BCUT2D eigenvalue weighted by atomic mass is 10.1. The van der Waals surface area contributed by atoms with Crippen LogP contribution in [0.5, 0.6) is 0 Å². The SMILES string of the molecule is CCCCCCN=C(NCC)NC1CCN(C(=O)OCC)CC1. The van der Waals surface area contributed by atoms with Crippen molar-refractivity contribution in [3.05, 3.63) is 0 Å². The van der Waals surface area contributed by atoms with Gasteiger partial charge in [0.2, 0.25) is 0 Å². The zero-order valence-corrected chi connectivity index (χ0v) is 15.1. The van der Waals surface area contributed by atoms with Gasteiger partial charge in [-0.05, 0) is 33.1 Å². The first-order valence-corrected chi connectivity index (χ1v) is 9.17. The van der Waals surface area contributed by atoms with Gasteiger partial charge in [0.15, 0.2) is 5.96 Å². The van der Waals surface area contributed by atoms with Gasteiger partial charge in [0.1, 0.15) is 0 Å². The molecule has 134 valence electrons. The highest BCUT2D eigenvalue weighted by atomic mass is 16.6. The van der Waals surface area contributed by atoms with E-state index in [1.54, 1.807) is 4.90 Å². The maximum absolute atomic E-state index is 11.7. The van der Waals surface area contributed by atoms with E-state index >= 15 is 0 Å². The van der Waals surface area contributed by atoms with Gasteiger partial charge in [-0.2, -0.15) is 0 Å². The molecule has 0 spiro atoms. The molecule has 1 aliphatic heterocycles. The second-order valence-electron chi connectivity index (χ2n) is 5.93. The Balaban J connectivity index is 2.34. The summed E-state index contributed by atoms with van der Waals surface area (Å²) in [7, 11) is 0. The normalized spacial score (nSPS) is 16.3. The van der Waals surface area contributed by atoms with Gasteiger partial charge < -0.3 is 20.3 Å². The van der Waals surface area contributed by atoms with Crippen molar-refractivity contribution in [1.82, 2.24) is 15.5 Å². The summed E-state index contributed by atoms with van der Waals surface area (Å²) in [6, 6.07) is 0.370. The molecule has 0 aromatic carbocycles. The third-order valence-electron chi connectivity index (χ3n) is 3.99. The minimum Gasteiger partial charge on any atom is -0.450 e. The Morgan fingerprint density at radius 3 is 2.52 bits per heavy atom. The molecule has 1 aliphatic rings. The third-order valence-corrected chi connectivity index (χ3v) is 3.99. The summed E-state index contributed by atoms with van der Waals surface area (Å²) in [5, 5.41) is 6.81. The Morgan fingerprint density at radius 1 is 1.17 bits per heavy atom. The topological polar surface area (TPSA) is 66.0 Å². The standard InChI is InChI=1S/C17H34N4O2/c1-4-7-8-9-12-19-16(18-5-2)20-15-10-13-21(14-11-15)17(22)23-6-3/h15H,4-14H2,1-3H3,(H2,18,19,20). The first-order valence-electron chi connectivity index (χ1n) is 9.17. The van der Waals surface area contributed by atoms with Crippen molar-refractivity contribution >= 4 is 12.1 Å². The highest BCUT2D eigenvalue weighted by Crippen LogP contribution is 2.11. The summed E-state index contributed by atoms with van der Waals surface area (Å²) in [6.07, 6.45) is 6.59. The van der Waals surface area contributed by atoms with Gasteiger partial charge in [0.05, 0.1) is 6.61 Å². The number of rotatable bonds is 8. The Kier molecular flexibility index (Phi) is 10.2. The summed E-state index contributed by atoms with van der Waals surface area (Å²) < 4.78 is 5.05. The van der Waals surface area contributed by atoms with Crippen LogP contribution in [0.4, 0.5) is 4.79 Å². The Hall–Kier alpha value is -1.46. The number of unbranched alkanes of at least 4 members (excludes halogenated alkanes) is 3. The van der Waals surface area contributed by atoms with Crippen molar-refractivity contribution in [2.75, 3.05) is 32.8 Å². The number of amides is 1. The van der Waals surface area contributed by atoms with Crippen molar-refractivity contribution in [2.24, 2.45) is 4.99 Å². The highest BCUT2D eigenvalue weighted by molar-refractivity contribution is 5.80. The molecule has 0 unspecified atom stereocenters. The molecule has 1 saturated heterocycles. The molecular formula is C17H34N4O2. The zero-order valence-electron chi connectivity index (χ0n) is 15.1. The van der Waals surface area contributed by atoms with Crippen LogP contribution in [0.3, 0.4) is 0 Å². The lowest BCUT2D eigenvalue weighted by Crippen LogP contribution is -2.49. The zero-order chi connectivity index (χ0) is 16.9. The van der Waals surface area contributed by atoms with E-state index < -0.39 is 0 Å². The smallest absolute Gasteiger partial charge is 0.409 e. The van der Waals surface area contributed by atoms with Crippen LogP contribution in [0.25, 0.3) is 0 Å². The molecule has 0 atom stereocenters. The van der Waals surface area contributed by atoms with Crippen LogP contribution in [0.1, 0.15) is 59.3 Å². The van der Waals surface area contributed by atoms with Gasteiger partial charge in [-0.1, -0.05) is 26.2 Å². The number of nitrogens with one attached hydrogen (secondary N) is 2. The first kappa shape index (κ1) is 19.6. The molecule has 23 heavy (non-hydrogen) atoms. The average molecular weight is 326 g/mol. The minimum atomic E-state index is -0.192. The van der Waals surface area contributed by atoms with Crippen molar-refractivity contribution in [2.45, 2.75) is 65.3 Å². The fourth-order valence-electron chi connectivity index (χ4n) is 2.66. The van der Waals surface area contributed by atoms with Crippen LogP contribution in [-0.2, 0) is 4.74 Å². The second kappa shape index (κ2) is 12.0. The van der Waals surface area contributed by atoms with Gasteiger partial charge in [0, 0.05) is 32.2 Å². The second-order valence-corrected chi connectivity index (χ2v) is 5.93. The van der Waals surface area contributed by atoms with Crippen LogP contribution in [-0.4, -0.2) is 55.8 Å². The average Bonchev–Trinajstić information content (AvgIpc) is 2.55. The summed E-state index contributed by atoms with van der Waals surface area (Å²) >= 11 is 0. The van der Waals surface area contributed by atoms with E-state index in [0.29, 0.717) is 12.6 Å². The number of likely N-dealkylation sites (tertiary alicyclic amines) is 1. The van der Waals surface area contributed by atoms with E-state index in [0.717, 1.165) is 51.4 Å². The fourth-order valence-corrected chi connectivity index (χ4v) is 2.66. The first-order chi connectivity index (χ1) is 11.2. The van der Waals surface area contributed by atoms with Crippen LogP contribution in [0.15, 0.2) is 4.99 Å². The molecular weight excluding hydrogens is 292 g/mol. The van der Waals surface area contributed by atoms with E-state index in [4.69, 9.17) is 4.74 Å².